The van der Waals surface area contributed by atoms with E-state index >= 15 is 0 Å². The second-order valence-electron chi connectivity index (χ2n) is 6.06. The van der Waals surface area contributed by atoms with E-state index in [1.54, 1.807) is 37.4 Å². The number of Topliss-reactive ketones (excluding diaryl/α,β-unsaturated/α-hetero) is 1. The first-order valence-electron chi connectivity index (χ1n) is 8.14. The van der Waals surface area contributed by atoms with E-state index in [9.17, 15) is 13.8 Å². The molecule has 1 N–H and O–H groups in total. The van der Waals surface area contributed by atoms with Crippen molar-refractivity contribution in [3.63, 3.8) is 0 Å². The molecule has 134 valence electrons. The van der Waals surface area contributed by atoms with Gasteiger partial charge in [0.05, 0.1) is 5.56 Å². The maximum absolute atomic E-state index is 12.8. The molecule has 3 aromatic rings. The van der Waals surface area contributed by atoms with Crippen LogP contribution in [0.15, 0.2) is 53.4 Å². The van der Waals surface area contributed by atoms with E-state index in [2.05, 4.69) is 4.98 Å². The largest absolute Gasteiger partial charge is 0.451 e. The third-order valence-electron chi connectivity index (χ3n) is 4.21. The number of nitrogens with one attached hydrogen (secondary N) is 1. The Kier molecular flexibility index (Phi) is 5.04. The fourth-order valence-electron chi connectivity index (χ4n) is 2.86. The van der Waals surface area contributed by atoms with Crippen LogP contribution in [0.5, 0.6) is 0 Å². The van der Waals surface area contributed by atoms with Gasteiger partial charge in [-0.05, 0) is 44.2 Å². The Morgan fingerprint density at radius 1 is 1.08 bits per heavy atom. The van der Waals surface area contributed by atoms with Gasteiger partial charge in [0.1, 0.15) is 0 Å². The van der Waals surface area contributed by atoms with Gasteiger partial charge in [0.15, 0.2) is 6.10 Å². The zero-order valence-corrected chi connectivity index (χ0v) is 15.6. The minimum absolute atomic E-state index is 0.250. The Bertz CT molecular complexity index is 1000. The molecule has 3 rings (SSSR count). The van der Waals surface area contributed by atoms with Crippen LogP contribution in [-0.2, 0) is 15.5 Å². The number of hydrogen-bond donors (Lipinski definition) is 1. The van der Waals surface area contributed by atoms with E-state index in [1.807, 2.05) is 31.2 Å². The van der Waals surface area contributed by atoms with Crippen molar-refractivity contribution in [2.75, 3.05) is 6.26 Å². The SMILES string of the molecule is Cc1[nH]c2ccccc2c1C(=O)C(C)OC(=O)c1ccc(S(C)=O)cc1. The zero-order chi connectivity index (χ0) is 18.8. The lowest BCUT2D eigenvalue weighted by molar-refractivity contribution is 0.0319. The van der Waals surface area contributed by atoms with E-state index in [4.69, 9.17) is 4.74 Å². The van der Waals surface area contributed by atoms with Crippen LogP contribution in [0.4, 0.5) is 0 Å². The number of ketones is 1. The van der Waals surface area contributed by atoms with Gasteiger partial charge >= 0.3 is 5.97 Å². The Hall–Kier alpha value is -2.73. The van der Waals surface area contributed by atoms with Crippen molar-refractivity contribution in [3.8, 4) is 0 Å². The van der Waals surface area contributed by atoms with Crippen LogP contribution < -0.4 is 0 Å². The number of aromatic amines is 1. The van der Waals surface area contributed by atoms with Gasteiger partial charge in [-0.15, -0.1) is 0 Å². The minimum Gasteiger partial charge on any atom is -0.451 e. The number of H-pyrrole nitrogens is 1. The normalized spacial score (nSPS) is 13.3. The topological polar surface area (TPSA) is 76.2 Å². The summed E-state index contributed by atoms with van der Waals surface area (Å²) in [6.07, 6.45) is 0.651. The molecule has 26 heavy (non-hydrogen) atoms. The Morgan fingerprint density at radius 3 is 2.38 bits per heavy atom. The Labute approximate surface area is 153 Å². The van der Waals surface area contributed by atoms with Crippen molar-refractivity contribution in [2.24, 2.45) is 0 Å². The predicted molar refractivity (Wildman–Crippen MR) is 101 cm³/mol. The highest BCUT2D eigenvalue weighted by molar-refractivity contribution is 7.84. The quantitative estimate of drug-likeness (QED) is 0.550. The third-order valence-corrected chi connectivity index (χ3v) is 5.15. The number of carbonyl (C=O) groups is 2. The van der Waals surface area contributed by atoms with E-state index < -0.39 is 22.9 Å². The number of esters is 1. The van der Waals surface area contributed by atoms with Gasteiger partial charge in [-0.2, -0.15) is 0 Å². The number of hydrogen-bond acceptors (Lipinski definition) is 4. The van der Waals surface area contributed by atoms with Gasteiger partial charge in [0.25, 0.3) is 0 Å². The molecule has 0 aliphatic rings. The lowest BCUT2D eigenvalue weighted by atomic mass is 10.0. The standard InChI is InChI=1S/C20H19NO4S/c1-12-18(16-6-4-5-7-17(16)21-12)19(22)13(2)25-20(23)14-8-10-15(11-9-14)26(3)24/h4-11,13,21H,1-3H3. The molecule has 1 heterocycles. The number of aryl methyl sites for hydroxylation is 1. The van der Waals surface area contributed by atoms with Gasteiger partial charge in [0, 0.05) is 44.1 Å². The van der Waals surface area contributed by atoms with Gasteiger partial charge in [-0.1, -0.05) is 18.2 Å². The molecular weight excluding hydrogens is 350 g/mol. The molecule has 6 heteroatoms. The first-order valence-corrected chi connectivity index (χ1v) is 9.70. The zero-order valence-electron chi connectivity index (χ0n) is 14.7. The molecule has 0 saturated carbocycles. The molecule has 2 atom stereocenters. The minimum atomic E-state index is -1.11. The molecule has 0 saturated heterocycles. The Morgan fingerprint density at radius 2 is 1.73 bits per heavy atom. The second-order valence-corrected chi connectivity index (χ2v) is 7.44. The van der Waals surface area contributed by atoms with Crippen molar-refractivity contribution in [3.05, 3.63) is 65.4 Å². The number of para-hydroxylation sites is 1. The molecule has 2 aromatic carbocycles. The summed E-state index contributed by atoms with van der Waals surface area (Å²) < 4.78 is 16.8. The fraction of sp³-hybridized carbons (Fsp3) is 0.200. The number of carbonyl (C=O) groups excluding carboxylic acids is 2. The summed E-state index contributed by atoms with van der Waals surface area (Å²) in [4.78, 5) is 28.9. The first-order chi connectivity index (χ1) is 12.4. The maximum atomic E-state index is 12.8. The summed E-state index contributed by atoms with van der Waals surface area (Å²) in [6.45, 7) is 3.39. The second kappa shape index (κ2) is 7.25. The third kappa shape index (κ3) is 3.46. The lowest BCUT2D eigenvalue weighted by Crippen LogP contribution is -2.24. The van der Waals surface area contributed by atoms with Gasteiger partial charge < -0.3 is 9.72 Å². The summed E-state index contributed by atoms with van der Waals surface area (Å²) in [5.41, 5.74) is 2.47. The number of fused-ring (bicyclic) bond motifs is 1. The van der Waals surface area contributed by atoms with Crippen LogP contribution in [0.25, 0.3) is 10.9 Å². The summed E-state index contributed by atoms with van der Waals surface area (Å²) in [6, 6.07) is 13.8. The monoisotopic (exact) mass is 369 g/mol. The van der Waals surface area contributed by atoms with Crippen LogP contribution in [0, 0.1) is 6.92 Å². The van der Waals surface area contributed by atoms with E-state index in [0.29, 0.717) is 16.0 Å². The molecule has 0 radical (unpaired) electrons. The van der Waals surface area contributed by atoms with E-state index in [0.717, 1.165) is 16.6 Å². The van der Waals surface area contributed by atoms with Crippen LogP contribution in [-0.4, -0.2) is 33.3 Å². The molecule has 0 spiro atoms. The number of aromatic nitrogens is 1. The highest BCUT2D eigenvalue weighted by Crippen LogP contribution is 2.24. The summed E-state index contributed by atoms with van der Waals surface area (Å²) >= 11 is 0. The van der Waals surface area contributed by atoms with Gasteiger partial charge in [-0.25, -0.2) is 4.79 Å². The van der Waals surface area contributed by atoms with Crippen molar-refractivity contribution in [2.45, 2.75) is 24.8 Å². The summed E-state index contributed by atoms with van der Waals surface area (Å²) in [5.74, 6) is -0.837. The number of rotatable bonds is 5. The van der Waals surface area contributed by atoms with Crippen LogP contribution in [0.3, 0.4) is 0 Å². The average molecular weight is 369 g/mol. The van der Waals surface area contributed by atoms with E-state index in [-0.39, 0.29) is 5.78 Å². The molecule has 0 bridgehead atoms. The molecule has 0 fully saturated rings. The Balaban J connectivity index is 1.79. The molecule has 1 aromatic heterocycles. The molecule has 2 unspecified atom stereocenters. The van der Waals surface area contributed by atoms with Crippen molar-refractivity contribution in [1.29, 1.82) is 0 Å². The van der Waals surface area contributed by atoms with Crippen molar-refractivity contribution >= 4 is 33.5 Å². The molecule has 0 aliphatic carbocycles. The summed E-state index contributed by atoms with van der Waals surface area (Å²) in [5, 5.41) is 0.813. The molecular formula is C20H19NO4S. The van der Waals surface area contributed by atoms with Gasteiger partial charge in [0.2, 0.25) is 5.78 Å². The van der Waals surface area contributed by atoms with Crippen LogP contribution >= 0.6 is 0 Å². The number of ether oxygens (including phenoxy) is 1. The highest BCUT2D eigenvalue weighted by atomic mass is 32.2. The van der Waals surface area contributed by atoms with Crippen LogP contribution in [0.1, 0.15) is 33.3 Å². The number of benzene rings is 2. The summed E-state index contributed by atoms with van der Waals surface area (Å²) in [7, 11) is -1.11. The lowest BCUT2D eigenvalue weighted by Gasteiger charge is -2.13. The predicted octanol–water partition coefficient (Wildman–Crippen LogP) is 3.64. The van der Waals surface area contributed by atoms with Gasteiger partial charge in [-0.3, -0.25) is 9.00 Å². The molecule has 5 nitrogen and oxygen atoms in total. The fourth-order valence-corrected chi connectivity index (χ4v) is 3.38. The molecule has 0 aliphatic heterocycles. The molecule has 0 amide bonds. The van der Waals surface area contributed by atoms with E-state index in [1.165, 1.54) is 0 Å². The van der Waals surface area contributed by atoms with Crippen molar-refractivity contribution < 1.29 is 18.5 Å². The van der Waals surface area contributed by atoms with Crippen molar-refractivity contribution in [1.82, 2.24) is 4.98 Å². The maximum Gasteiger partial charge on any atom is 0.338 e. The highest BCUT2D eigenvalue weighted by Gasteiger charge is 2.24. The van der Waals surface area contributed by atoms with Crippen LogP contribution in [0.2, 0.25) is 0 Å². The average Bonchev–Trinajstić information content (AvgIpc) is 2.96. The smallest absolute Gasteiger partial charge is 0.338 e. The first kappa shape index (κ1) is 18.1.